The fraction of sp³-hybridized carbons (Fsp3) is 0.658. The molecule has 226 valence electrons. The van der Waals surface area contributed by atoms with Crippen molar-refractivity contribution < 1.29 is 18.8 Å². The van der Waals surface area contributed by atoms with Gasteiger partial charge >= 0.3 is 0 Å². The minimum atomic E-state index is -0.594. The third kappa shape index (κ3) is 3.84. The van der Waals surface area contributed by atoms with Gasteiger partial charge in [0.2, 0.25) is 0 Å². The molecule has 0 N–H and O–H groups in total. The number of allylic oxidation sites excluding steroid dienone is 3. The predicted molar refractivity (Wildman–Crippen MR) is 165 cm³/mol. The molecule has 4 saturated carbocycles. The molecule has 4 fully saturated rings. The molecule has 5 aliphatic rings. The van der Waals surface area contributed by atoms with Crippen LogP contribution < -0.4 is 0 Å². The van der Waals surface area contributed by atoms with E-state index in [4.69, 9.17) is 0 Å². The second kappa shape index (κ2) is 9.08. The minimum absolute atomic E-state index is 0.105. The van der Waals surface area contributed by atoms with E-state index in [2.05, 4.69) is 48.5 Å². The highest BCUT2D eigenvalue weighted by atomic mass is 19.1. The van der Waals surface area contributed by atoms with E-state index in [0.717, 1.165) is 56.1 Å². The number of hydrogen-bond donors (Lipinski definition) is 0. The third-order valence-electron chi connectivity index (χ3n) is 14.2. The maximum absolute atomic E-state index is 14.7. The first-order chi connectivity index (χ1) is 19.4. The zero-order chi connectivity index (χ0) is 30.7. The van der Waals surface area contributed by atoms with Crippen LogP contribution >= 0.6 is 0 Å². The summed E-state index contributed by atoms with van der Waals surface area (Å²) in [6, 6.07) is 6.32. The van der Waals surface area contributed by atoms with E-state index in [0.29, 0.717) is 6.42 Å². The van der Waals surface area contributed by atoms with Crippen molar-refractivity contribution in [2.24, 2.45) is 50.2 Å². The van der Waals surface area contributed by atoms with Gasteiger partial charge in [-0.15, -0.1) is 0 Å². The molecular formula is C38H49FO3. The number of carbonyl (C=O) groups is 3. The average molecular weight is 573 g/mol. The van der Waals surface area contributed by atoms with E-state index < -0.39 is 5.41 Å². The Morgan fingerprint density at radius 1 is 0.905 bits per heavy atom. The molecule has 0 amide bonds. The molecule has 0 bridgehead atoms. The Balaban J connectivity index is 1.46. The zero-order valence-corrected chi connectivity index (χ0v) is 27.0. The topological polar surface area (TPSA) is 51.2 Å². The Morgan fingerprint density at radius 2 is 1.55 bits per heavy atom. The summed E-state index contributed by atoms with van der Waals surface area (Å²) in [5, 5.41) is 0. The van der Waals surface area contributed by atoms with E-state index in [1.54, 1.807) is 19.1 Å². The summed E-state index contributed by atoms with van der Waals surface area (Å²) in [5.74, 6) is 0.513. The number of hydrogen-bond acceptors (Lipinski definition) is 3. The van der Waals surface area contributed by atoms with Gasteiger partial charge in [-0.25, -0.2) is 4.39 Å². The van der Waals surface area contributed by atoms with Gasteiger partial charge in [0.15, 0.2) is 11.6 Å². The van der Waals surface area contributed by atoms with Gasteiger partial charge in [-0.2, -0.15) is 0 Å². The summed E-state index contributed by atoms with van der Waals surface area (Å²) >= 11 is 0. The largest absolute Gasteiger partial charge is 0.299 e. The lowest BCUT2D eigenvalue weighted by Crippen LogP contribution is -2.66. The summed E-state index contributed by atoms with van der Waals surface area (Å²) in [6.45, 7) is 17.5. The molecule has 0 spiro atoms. The van der Waals surface area contributed by atoms with Gasteiger partial charge in [-0.05, 0) is 127 Å². The normalized spacial score (nSPS) is 45.3. The highest BCUT2D eigenvalue weighted by Gasteiger charge is 2.70. The van der Waals surface area contributed by atoms with Crippen molar-refractivity contribution in [1.29, 1.82) is 0 Å². The lowest BCUT2D eigenvalue weighted by Gasteiger charge is -2.70. The van der Waals surface area contributed by atoms with E-state index in [1.807, 2.05) is 12.2 Å². The smallest absolute Gasteiger partial charge is 0.164 e. The van der Waals surface area contributed by atoms with Crippen LogP contribution in [0.2, 0.25) is 0 Å². The van der Waals surface area contributed by atoms with Crippen LogP contribution in [0.1, 0.15) is 112 Å². The van der Waals surface area contributed by atoms with Crippen molar-refractivity contribution in [3.63, 3.8) is 0 Å². The van der Waals surface area contributed by atoms with E-state index in [1.165, 1.54) is 17.7 Å². The quantitative estimate of drug-likeness (QED) is 0.332. The Hall–Kier alpha value is -2.36. The minimum Gasteiger partial charge on any atom is -0.299 e. The van der Waals surface area contributed by atoms with Crippen LogP contribution in [0.3, 0.4) is 0 Å². The van der Waals surface area contributed by atoms with Crippen LogP contribution in [-0.2, 0) is 14.4 Å². The molecule has 8 atom stereocenters. The molecule has 8 unspecified atom stereocenters. The number of carbonyl (C=O) groups excluding carboxylic acids is 3. The van der Waals surface area contributed by atoms with Gasteiger partial charge in [0.05, 0.1) is 0 Å². The number of rotatable bonds is 2. The second-order valence-corrected chi connectivity index (χ2v) is 16.8. The molecule has 3 nitrogen and oxygen atoms in total. The second-order valence-electron chi connectivity index (χ2n) is 16.8. The molecule has 0 radical (unpaired) electrons. The van der Waals surface area contributed by atoms with Crippen LogP contribution in [-0.4, -0.2) is 17.3 Å². The summed E-state index contributed by atoms with van der Waals surface area (Å²) in [4.78, 5) is 41.5. The van der Waals surface area contributed by atoms with Gasteiger partial charge in [0.1, 0.15) is 11.6 Å². The van der Waals surface area contributed by atoms with Crippen LogP contribution in [0, 0.1) is 56.1 Å². The fourth-order valence-electron chi connectivity index (χ4n) is 11.2. The molecule has 1 aromatic carbocycles. The number of fused-ring (bicyclic) bond motifs is 7. The van der Waals surface area contributed by atoms with Crippen LogP contribution in [0.5, 0.6) is 0 Å². The average Bonchev–Trinajstić information content (AvgIpc) is 2.90. The van der Waals surface area contributed by atoms with Crippen molar-refractivity contribution in [2.75, 3.05) is 0 Å². The third-order valence-corrected chi connectivity index (χ3v) is 14.2. The van der Waals surface area contributed by atoms with Crippen molar-refractivity contribution >= 4 is 23.4 Å². The van der Waals surface area contributed by atoms with Gasteiger partial charge < -0.3 is 0 Å². The first kappa shape index (κ1) is 29.7. The van der Waals surface area contributed by atoms with Gasteiger partial charge in [0, 0.05) is 16.7 Å². The number of Topliss-reactive ketones (excluding diaryl/α,β-unsaturated/α-hetero) is 2. The number of benzene rings is 1. The van der Waals surface area contributed by atoms with Crippen molar-refractivity contribution in [1.82, 2.24) is 0 Å². The van der Waals surface area contributed by atoms with Gasteiger partial charge in [-0.1, -0.05) is 66.2 Å². The fourth-order valence-corrected chi connectivity index (χ4v) is 11.2. The number of ketones is 3. The Bertz CT molecular complexity index is 1430. The molecule has 5 aliphatic carbocycles. The molecule has 0 heterocycles. The monoisotopic (exact) mass is 572 g/mol. The summed E-state index contributed by atoms with van der Waals surface area (Å²) in [5.41, 5.74) is 1.33. The molecule has 42 heavy (non-hydrogen) atoms. The predicted octanol–water partition coefficient (Wildman–Crippen LogP) is 8.96. The highest BCUT2D eigenvalue weighted by Crippen LogP contribution is 2.75. The standard InChI is InChI=1S/C38H49FO3/c1-23(40)35(5)16-15-34(4)17-18-37(7)27(28(34)22-35)20-29(41)31-36(6)21-25(19-24-9-11-26(39)12-10-24)32(42)33(2,3)30(36)13-14-38(31,37)8/h9-12,19-20,28,30-31H,13-18,21-22H2,1-8H3/b25-19+. The number of halogens is 1. The SMILES string of the molecule is CC(=O)C1(C)CCC2(C)CCC3(C)C(=CC(=O)C4C5(C)C/C(=C\c6ccc(F)cc6)C(=O)C(C)(C)C5CCC43C)C2C1. The van der Waals surface area contributed by atoms with E-state index >= 15 is 0 Å². The molecule has 6 rings (SSSR count). The van der Waals surface area contributed by atoms with E-state index in [-0.39, 0.29) is 68.0 Å². The Morgan fingerprint density at radius 3 is 2.19 bits per heavy atom. The van der Waals surface area contributed by atoms with Crippen LogP contribution in [0.15, 0.2) is 41.5 Å². The van der Waals surface area contributed by atoms with Gasteiger partial charge in [-0.3, -0.25) is 14.4 Å². The molecule has 1 aromatic rings. The van der Waals surface area contributed by atoms with Crippen molar-refractivity contribution in [3.8, 4) is 0 Å². The van der Waals surface area contributed by atoms with Crippen LogP contribution in [0.4, 0.5) is 4.39 Å². The van der Waals surface area contributed by atoms with E-state index in [9.17, 15) is 18.8 Å². The van der Waals surface area contributed by atoms with Crippen molar-refractivity contribution in [3.05, 3.63) is 52.9 Å². The van der Waals surface area contributed by atoms with Crippen molar-refractivity contribution in [2.45, 2.75) is 107 Å². The lowest BCUT2D eigenvalue weighted by molar-refractivity contribution is -0.182. The lowest BCUT2D eigenvalue weighted by atomic mass is 9.33. The zero-order valence-electron chi connectivity index (χ0n) is 27.0. The molecular weight excluding hydrogens is 523 g/mol. The first-order valence-corrected chi connectivity index (χ1v) is 16.2. The maximum atomic E-state index is 14.7. The Labute approximate surface area is 251 Å². The molecule has 4 heteroatoms. The molecule has 0 aromatic heterocycles. The van der Waals surface area contributed by atoms with Crippen LogP contribution in [0.25, 0.3) is 6.08 Å². The summed E-state index contributed by atoms with van der Waals surface area (Å²) in [6.07, 6.45) is 11.4. The molecule has 0 aliphatic heterocycles. The summed E-state index contributed by atoms with van der Waals surface area (Å²) in [7, 11) is 0. The van der Waals surface area contributed by atoms with Gasteiger partial charge in [0.25, 0.3) is 0 Å². The first-order valence-electron chi connectivity index (χ1n) is 16.2. The Kier molecular flexibility index (Phi) is 6.42. The summed E-state index contributed by atoms with van der Waals surface area (Å²) < 4.78 is 13.7. The highest BCUT2D eigenvalue weighted by molar-refractivity contribution is 6.05. The molecule has 0 saturated heterocycles. The maximum Gasteiger partial charge on any atom is 0.164 e.